The number of aromatic nitrogens is 2. The van der Waals surface area contributed by atoms with Crippen LogP contribution in [0.15, 0.2) is 83.8 Å². The van der Waals surface area contributed by atoms with Crippen LogP contribution in [-0.2, 0) is 10.0 Å². The van der Waals surface area contributed by atoms with Gasteiger partial charge in [-0.25, -0.2) is 18.4 Å². The van der Waals surface area contributed by atoms with Crippen molar-refractivity contribution in [2.75, 3.05) is 17.9 Å². The van der Waals surface area contributed by atoms with Gasteiger partial charge in [-0.05, 0) is 47.9 Å². The fourth-order valence-electron chi connectivity index (χ4n) is 3.18. The highest BCUT2D eigenvalue weighted by Crippen LogP contribution is 2.27. The third-order valence-electron chi connectivity index (χ3n) is 4.96. The van der Waals surface area contributed by atoms with Gasteiger partial charge >= 0.3 is 0 Å². The Morgan fingerprint density at radius 1 is 0.788 bits per heavy atom. The molecular weight excluding hydrogens is 438 g/mol. The minimum Gasteiger partial charge on any atom is -0.490 e. The van der Waals surface area contributed by atoms with Crippen LogP contribution in [0.25, 0.3) is 11.0 Å². The maximum atomic E-state index is 13.0. The molecule has 1 heterocycles. The predicted molar refractivity (Wildman–Crippen MR) is 128 cm³/mol. The summed E-state index contributed by atoms with van der Waals surface area (Å²) >= 11 is 0. The van der Waals surface area contributed by atoms with Gasteiger partial charge in [-0.1, -0.05) is 56.3 Å². The maximum Gasteiger partial charge on any atom is 0.263 e. The monoisotopic (exact) mass is 463 g/mol. The van der Waals surface area contributed by atoms with Crippen molar-refractivity contribution in [3.8, 4) is 11.6 Å². The molecule has 0 bridgehead atoms. The molecule has 0 fully saturated rings. The number of nitrogens with zero attached hydrogens (tertiary/aromatic N) is 2. The van der Waals surface area contributed by atoms with Gasteiger partial charge in [0.25, 0.3) is 15.9 Å². The largest absolute Gasteiger partial charge is 0.490 e. The van der Waals surface area contributed by atoms with Crippen molar-refractivity contribution in [1.29, 1.82) is 0 Å². The smallest absolute Gasteiger partial charge is 0.263 e. The normalized spacial score (nSPS) is 11.5. The number of benzene rings is 3. The van der Waals surface area contributed by atoms with Gasteiger partial charge in [-0.2, -0.15) is 0 Å². The molecule has 3 aromatic carbocycles. The van der Waals surface area contributed by atoms with Crippen LogP contribution in [0.5, 0.6) is 11.6 Å². The molecule has 0 aliphatic carbocycles. The van der Waals surface area contributed by atoms with Gasteiger partial charge in [0.1, 0.15) is 19.0 Å². The zero-order chi connectivity index (χ0) is 23.3. The van der Waals surface area contributed by atoms with E-state index in [1.54, 1.807) is 24.3 Å². The number of rotatable bonds is 9. The number of hydrogen-bond donors (Lipinski definition) is 1. The quantitative estimate of drug-likeness (QED) is 0.351. The second-order valence-electron chi connectivity index (χ2n) is 7.71. The van der Waals surface area contributed by atoms with Gasteiger partial charge in [0, 0.05) is 0 Å². The SMILES string of the molecule is CC(C)c1ccc(S(=O)(=O)Nc2nc3ccccc3nc2OCCOc2ccccc2)cc1. The van der Waals surface area contributed by atoms with Gasteiger partial charge in [-0.3, -0.25) is 4.72 Å². The summed E-state index contributed by atoms with van der Waals surface area (Å²) in [4.78, 5) is 9.06. The summed E-state index contributed by atoms with van der Waals surface area (Å²) in [6, 6.07) is 23.3. The predicted octanol–water partition coefficient (Wildman–Crippen LogP) is 5.01. The lowest BCUT2D eigenvalue weighted by Gasteiger charge is -2.14. The van der Waals surface area contributed by atoms with E-state index >= 15 is 0 Å². The lowest BCUT2D eigenvalue weighted by molar-refractivity contribution is 0.213. The average Bonchev–Trinajstić information content (AvgIpc) is 2.82. The molecule has 0 aliphatic heterocycles. The molecular formula is C25H25N3O4S. The fraction of sp³-hybridized carbons (Fsp3) is 0.200. The maximum absolute atomic E-state index is 13.0. The second kappa shape index (κ2) is 9.87. The zero-order valence-corrected chi connectivity index (χ0v) is 19.2. The molecule has 0 saturated carbocycles. The van der Waals surface area contributed by atoms with Crippen molar-refractivity contribution in [2.45, 2.75) is 24.7 Å². The minimum absolute atomic E-state index is 0.0290. The van der Waals surface area contributed by atoms with Gasteiger partial charge in [0.2, 0.25) is 5.82 Å². The molecule has 4 rings (SSSR count). The summed E-state index contributed by atoms with van der Waals surface area (Å²) in [7, 11) is -3.88. The Morgan fingerprint density at radius 2 is 1.39 bits per heavy atom. The molecule has 0 aliphatic rings. The van der Waals surface area contributed by atoms with E-state index in [0.29, 0.717) is 17.0 Å². The van der Waals surface area contributed by atoms with Gasteiger partial charge in [-0.15, -0.1) is 0 Å². The molecule has 0 spiro atoms. The molecule has 0 saturated heterocycles. The summed E-state index contributed by atoms with van der Waals surface area (Å²) in [5, 5.41) is 0. The Balaban J connectivity index is 1.55. The Hall–Kier alpha value is -3.65. The zero-order valence-electron chi connectivity index (χ0n) is 18.4. The van der Waals surface area contributed by atoms with E-state index in [1.165, 1.54) is 0 Å². The lowest BCUT2D eigenvalue weighted by atomic mass is 10.0. The van der Waals surface area contributed by atoms with E-state index in [0.717, 1.165) is 11.3 Å². The third kappa shape index (κ3) is 5.59. The summed E-state index contributed by atoms with van der Waals surface area (Å²) in [6.07, 6.45) is 0. The van der Waals surface area contributed by atoms with Crippen molar-refractivity contribution in [3.05, 3.63) is 84.4 Å². The molecule has 0 unspecified atom stereocenters. The van der Waals surface area contributed by atoms with Crippen molar-refractivity contribution in [3.63, 3.8) is 0 Å². The Kier molecular flexibility index (Phi) is 6.74. The van der Waals surface area contributed by atoms with Crippen molar-refractivity contribution >= 4 is 26.9 Å². The molecule has 1 aromatic heterocycles. The molecule has 0 amide bonds. The summed E-state index contributed by atoms with van der Waals surface area (Å²) in [5.41, 5.74) is 2.21. The number of para-hydroxylation sites is 3. The molecule has 7 nitrogen and oxygen atoms in total. The second-order valence-corrected chi connectivity index (χ2v) is 9.39. The average molecular weight is 464 g/mol. The summed E-state index contributed by atoms with van der Waals surface area (Å²) in [6.45, 7) is 4.54. The van der Waals surface area contributed by atoms with Crippen LogP contribution in [0.1, 0.15) is 25.3 Å². The van der Waals surface area contributed by atoms with Crippen LogP contribution in [-0.4, -0.2) is 31.6 Å². The van der Waals surface area contributed by atoms with Crippen molar-refractivity contribution in [1.82, 2.24) is 9.97 Å². The standard InChI is InChI=1S/C25H25N3O4S/c1-18(2)19-12-14-21(15-13-19)33(29,30)28-24-25(27-23-11-7-6-10-22(23)26-24)32-17-16-31-20-8-4-3-5-9-20/h3-15,18H,16-17H2,1-2H3,(H,26,28). The first kappa shape index (κ1) is 22.5. The third-order valence-corrected chi connectivity index (χ3v) is 6.32. The molecule has 4 aromatic rings. The van der Waals surface area contributed by atoms with Gasteiger partial charge in [0.15, 0.2) is 0 Å². The van der Waals surface area contributed by atoms with E-state index in [4.69, 9.17) is 9.47 Å². The molecule has 33 heavy (non-hydrogen) atoms. The number of nitrogens with one attached hydrogen (secondary N) is 1. The first-order chi connectivity index (χ1) is 15.9. The van der Waals surface area contributed by atoms with Gasteiger partial charge in [0.05, 0.1) is 15.9 Å². The van der Waals surface area contributed by atoms with E-state index in [-0.39, 0.29) is 29.8 Å². The van der Waals surface area contributed by atoms with Crippen LogP contribution in [0, 0.1) is 0 Å². The fourth-order valence-corrected chi connectivity index (χ4v) is 4.18. The molecule has 1 N–H and O–H groups in total. The number of fused-ring (bicyclic) bond motifs is 1. The van der Waals surface area contributed by atoms with E-state index in [2.05, 4.69) is 28.5 Å². The van der Waals surface area contributed by atoms with E-state index in [9.17, 15) is 8.42 Å². The van der Waals surface area contributed by atoms with E-state index < -0.39 is 10.0 Å². The highest BCUT2D eigenvalue weighted by Gasteiger charge is 2.20. The summed E-state index contributed by atoms with van der Waals surface area (Å²) < 4.78 is 40.0. The Bertz CT molecular complexity index is 1330. The first-order valence-corrected chi connectivity index (χ1v) is 12.1. The molecule has 170 valence electrons. The summed E-state index contributed by atoms with van der Waals surface area (Å²) in [5.74, 6) is 1.14. The first-order valence-electron chi connectivity index (χ1n) is 10.6. The van der Waals surface area contributed by atoms with Crippen molar-refractivity contribution in [2.24, 2.45) is 0 Å². The Morgan fingerprint density at radius 3 is 2.06 bits per heavy atom. The minimum atomic E-state index is -3.88. The van der Waals surface area contributed by atoms with Crippen molar-refractivity contribution < 1.29 is 17.9 Å². The topological polar surface area (TPSA) is 90.4 Å². The highest BCUT2D eigenvalue weighted by molar-refractivity contribution is 7.92. The van der Waals surface area contributed by atoms with Crippen LogP contribution < -0.4 is 14.2 Å². The van der Waals surface area contributed by atoms with Crippen LogP contribution in [0.2, 0.25) is 0 Å². The van der Waals surface area contributed by atoms with Gasteiger partial charge < -0.3 is 9.47 Å². The number of ether oxygens (including phenoxy) is 2. The lowest BCUT2D eigenvalue weighted by Crippen LogP contribution is -2.17. The van der Waals surface area contributed by atoms with Crippen LogP contribution in [0.3, 0.4) is 0 Å². The highest BCUT2D eigenvalue weighted by atomic mass is 32.2. The molecule has 0 radical (unpaired) electrons. The number of hydrogen-bond acceptors (Lipinski definition) is 6. The number of sulfonamides is 1. The molecule has 0 atom stereocenters. The van der Waals surface area contributed by atoms with Crippen LogP contribution in [0.4, 0.5) is 5.82 Å². The van der Waals surface area contributed by atoms with E-state index in [1.807, 2.05) is 54.6 Å². The molecule has 8 heteroatoms. The number of anilines is 1. The Labute approximate surface area is 193 Å². The van der Waals surface area contributed by atoms with Crippen LogP contribution >= 0.6 is 0 Å².